The van der Waals surface area contributed by atoms with E-state index in [1.807, 2.05) is 36.6 Å². The first kappa shape index (κ1) is 9.62. The number of rotatable bonds is 2. The van der Waals surface area contributed by atoms with E-state index in [4.69, 9.17) is 12.2 Å². The van der Waals surface area contributed by atoms with Crippen molar-refractivity contribution in [1.29, 1.82) is 0 Å². The lowest BCUT2D eigenvalue weighted by molar-refractivity contribution is 1.28. The van der Waals surface area contributed by atoms with Crippen LogP contribution >= 0.6 is 24.0 Å². The average molecular weight is 220 g/mol. The highest BCUT2D eigenvalue weighted by atomic mass is 32.2. The number of benzene rings is 1. The summed E-state index contributed by atoms with van der Waals surface area (Å²) in [7, 11) is 0. The molecule has 0 atom stereocenters. The molecule has 70 valence electrons. The summed E-state index contributed by atoms with van der Waals surface area (Å²) in [6.45, 7) is 0. The van der Waals surface area contributed by atoms with Gasteiger partial charge in [-0.1, -0.05) is 42.5 Å². The van der Waals surface area contributed by atoms with Crippen LogP contribution < -0.4 is 5.43 Å². The lowest BCUT2D eigenvalue weighted by Gasteiger charge is -2.09. The van der Waals surface area contributed by atoms with Gasteiger partial charge in [0.25, 0.3) is 0 Å². The first-order valence-corrected chi connectivity index (χ1v) is 5.81. The summed E-state index contributed by atoms with van der Waals surface area (Å²) in [4.78, 5) is 12.1. The Balaban J connectivity index is 2.60. The number of hydrogen-bond donors (Lipinski definition) is 0. The second kappa shape index (κ2) is 3.67. The maximum Gasteiger partial charge on any atom is 0.211 e. The summed E-state index contributed by atoms with van der Waals surface area (Å²) in [5.74, 6) is 0. The highest BCUT2D eigenvalue weighted by Crippen LogP contribution is 2.30. The Labute approximate surface area is 91.5 Å². The Bertz CT molecular complexity index is 522. The fourth-order valence-electron chi connectivity index (χ4n) is 1.43. The maximum absolute atomic E-state index is 11.4. The molecule has 0 aliphatic carbocycles. The smallest absolute Gasteiger partial charge is 0.211 e. The van der Waals surface area contributed by atoms with Gasteiger partial charge in [0.05, 0.1) is 9.41 Å². The van der Waals surface area contributed by atoms with Crippen LogP contribution in [0.15, 0.2) is 40.0 Å². The molecule has 0 saturated carbocycles. The summed E-state index contributed by atoms with van der Waals surface area (Å²) in [6.07, 6.45) is 1.90. The Kier molecular flexibility index (Phi) is 2.52. The predicted molar refractivity (Wildman–Crippen MR) is 63.1 cm³/mol. The minimum atomic E-state index is 0.0198. The molecule has 0 aliphatic rings. The monoisotopic (exact) mass is 220 g/mol. The fourth-order valence-corrected chi connectivity index (χ4v) is 2.60. The van der Waals surface area contributed by atoms with Gasteiger partial charge < -0.3 is 0 Å². The van der Waals surface area contributed by atoms with E-state index in [0.29, 0.717) is 4.51 Å². The van der Waals surface area contributed by atoms with Crippen LogP contribution in [0.3, 0.4) is 0 Å². The molecule has 2 rings (SSSR count). The summed E-state index contributed by atoms with van der Waals surface area (Å²) >= 11 is 6.50. The van der Waals surface area contributed by atoms with Gasteiger partial charge in [-0.05, 0) is 11.8 Å². The first-order valence-electron chi connectivity index (χ1n) is 4.18. The Morgan fingerprint density at radius 1 is 1.21 bits per heavy atom. The van der Waals surface area contributed by atoms with E-state index in [9.17, 15) is 4.79 Å². The van der Waals surface area contributed by atoms with Gasteiger partial charge >= 0.3 is 0 Å². The molecule has 3 heteroatoms. The van der Waals surface area contributed by atoms with E-state index < -0.39 is 0 Å². The van der Waals surface area contributed by atoms with Crippen molar-refractivity contribution in [3.05, 3.63) is 45.1 Å². The van der Waals surface area contributed by atoms with Gasteiger partial charge in [0.15, 0.2) is 0 Å². The molecule has 0 unspecified atom stereocenters. The van der Waals surface area contributed by atoms with Gasteiger partial charge in [-0.2, -0.15) is 0 Å². The largest absolute Gasteiger partial charge is 0.287 e. The highest BCUT2D eigenvalue weighted by molar-refractivity contribution is 7.98. The van der Waals surface area contributed by atoms with Crippen LogP contribution in [0.1, 0.15) is 0 Å². The van der Waals surface area contributed by atoms with Crippen LogP contribution in [0.5, 0.6) is 0 Å². The third-order valence-corrected chi connectivity index (χ3v) is 3.32. The molecule has 0 spiro atoms. The molecule has 0 heterocycles. The van der Waals surface area contributed by atoms with E-state index in [-0.39, 0.29) is 5.43 Å². The zero-order valence-electron chi connectivity index (χ0n) is 7.61. The molecule has 2 aromatic rings. The number of hydrogen-bond acceptors (Lipinski definition) is 3. The molecule has 0 bridgehead atoms. The van der Waals surface area contributed by atoms with Crippen molar-refractivity contribution in [2.75, 3.05) is 6.26 Å². The van der Waals surface area contributed by atoms with E-state index in [1.165, 1.54) is 11.8 Å². The number of thioether (sulfide) groups is 1. The van der Waals surface area contributed by atoms with Gasteiger partial charge in [0, 0.05) is 5.56 Å². The zero-order chi connectivity index (χ0) is 10.1. The van der Waals surface area contributed by atoms with E-state index >= 15 is 0 Å². The van der Waals surface area contributed by atoms with Crippen molar-refractivity contribution >= 4 is 24.0 Å². The van der Waals surface area contributed by atoms with Crippen LogP contribution in [0.25, 0.3) is 11.1 Å². The summed E-state index contributed by atoms with van der Waals surface area (Å²) in [5.41, 5.74) is 2.01. The highest BCUT2D eigenvalue weighted by Gasteiger charge is 2.17. The minimum Gasteiger partial charge on any atom is -0.287 e. The molecule has 2 aromatic carbocycles. The lowest BCUT2D eigenvalue weighted by atomic mass is 10.0. The molecule has 0 amide bonds. The molecular weight excluding hydrogens is 212 g/mol. The van der Waals surface area contributed by atoms with Crippen molar-refractivity contribution in [3.63, 3.8) is 0 Å². The fraction of sp³-hybridized carbons (Fsp3) is 0.0909. The SMILES string of the molecule is CSc1c(-c2ccccc2)c(=S)c1=O. The van der Waals surface area contributed by atoms with Crippen molar-refractivity contribution in [2.24, 2.45) is 0 Å². The zero-order valence-corrected chi connectivity index (χ0v) is 9.24. The second-order valence-corrected chi connectivity index (χ2v) is 4.16. The summed E-state index contributed by atoms with van der Waals surface area (Å²) in [6, 6.07) is 9.80. The standard InChI is InChI=1S/C11H8OS2/c1-14-11-8(10(13)9(11)12)7-5-3-2-4-6-7/h2-6H,1H3. The predicted octanol–water partition coefficient (Wildman–Crippen LogP) is 3.04. The Morgan fingerprint density at radius 2 is 1.86 bits per heavy atom. The molecule has 0 radical (unpaired) electrons. The van der Waals surface area contributed by atoms with Gasteiger partial charge in [-0.3, -0.25) is 4.79 Å². The summed E-state index contributed by atoms with van der Waals surface area (Å²) < 4.78 is 0.473. The maximum atomic E-state index is 11.4. The van der Waals surface area contributed by atoms with E-state index in [2.05, 4.69) is 0 Å². The first-order chi connectivity index (χ1) is 6.75. The van der Waals surface area contributed by atoms with Gasteiger partial charge in [-0.25, -0.2) is 0 Å². The van der Waals surface area contributed by atoms with Gasteiger partial charge in [-0.15, -0.1) is 11.8 Å². The quantitative estimate of drug-likeness (QED) is 0.572. The second-order valence-electron chi connectivity index (χ2n) is 2.93. The lowest BCUT2D eigenvalue weighted by Crippen LogP contribution is -2.13. The molecule has 14 heavy (non-hydrogen) atoms. The minimum absolute atomic E-state index is 0.0198. The van der Waals surface area contributed by atoms with Gasteiger partial charge in [0.2, 0.25) is 5.43 Å². The molecule has 1 nitrogen and oxygen atoms in total. The van der Waals surface area contributed by atoms with Gasteiger partial charge in [0.1, 0.15) is 0 Å². The van der Waals surface area contributed by atoms with Crippen LogP contribution in [0.4, 0.5) is 0 Å². The van der Waals surface area contributed by atoms with Crippen molar-refractivity contribution in [2.45, 2.75) is 4.90 Å². The third-order valence-electron chi connectivity index (χ3n) is 2.13. The molecule has 0 aliphatic heterocycles. The van der Waals surface area contributed by atoms with Crippen molar-refractivity contribution in [1.82, 2.24) is 0 Å². The normalized spacial score (nSPS) is 10.6. The topological polar surface area (TPSA) is 17.1 Å². The summed E-state index contributed by atoms with van der Waals surface area (Å²) in [5, 5.41) is 0. The molecule has 0 fully saturated rings. The van der Waals surface area contributed by atoms with Crippen molar-refractivity contribution in [3.8, 4) is 11.1 Å². The molecule has 0 N–H and O–H groups in total. The average Bonchev–Trinajstić information content (AvgIpc) is 2.25. The Hall–Kier alpha value is -0.930. The molecule has 0 aromatic heterocycles. The van der Waals surface area contributed by atoms with Crippen LogP contribution in [0.2, 0.25) is 0 Å². The molecule has 0 saturated heterocycles. The third kappa shape index (κ3) is 1.33. The van der Waals surface area contributed by atoms with E-state index in [1.54, 1.807) is 0 Å². The Morgan fingerprint density at radius 3 is 2.43 bits per heavy atom. The van der Waals surface area contributed by atoms with Crippen LogP contribution in [0, 0.1) is 4.51 Å². The van der Waals surface area contributed by atoms with E-state index in [0.717, 1.165) is 16.0 Å². The van der Waals surface area contributed by atoms with Crippen molar-refractivity contribution < 1.29 is 0 Å². The molecular formula is C11H8OS2. The van der Waals surface area contributed by atoms with Crippen LogP contribution in [-0.4, -0.2) is 6.26 Å². The van der Waals surface area contributed by atoms with Crippen LogP contribution in [-0.2, 0) is 0 Å².